The largest absolute Gasteiger partial charge is 0.412 e. The van der Waals surface area contributed by atoms with Gasteiger partial charge in [0, 0.05) is 51.2 Å². The Morgan fingerprint density at radius 1 is 0.387 bits per heavy atom. The zero-order valence-corrected chi connectivity index (χ0v) is 24.8. The van der Waals surface area contributed by atoms with Crippen molar-refractivity contribution in [3.05, 3.63) is 0 Å². The van der Waals surface area contributed by atoms with E-state index >= 15 is 0 Å². The molecule has 0 atom stereocenters. The first-order valence-corrected chi connectivity index (χ1v) is 15.6. The molecular formula is C8H44Mn3N4O12P4+4. The van der Waals surface area contributed by atoms with Crippen LogP contribution in [0.2, 0.25) is 0 Å². The Bertz CT molecular complexity index is 241. The minimum atomic E-state index is -2.62. The second-order valence-corrected chi connectivity index (χ2v) is 15.3. The van der Waals surface area contributed by atoms with E-state index in [4.69, 9.17) is 62.1 Å². The van der Waals surface area contributed by atoms with Crippen LogP contribution in [0.15, 0.2) is 0 Å². The van der Waals surface area contributed by atoms with Crippen LogP contribution in [0.5, 0.6) is 0 Å². The van der Waals surface area contributed by atoms with Gasteiger partial charge in [0.1, 0.15) is 26.7 Å². The Morgan fingerprint density at radius 2 is 0.419 bits per heavy atom. The second kappa shape index (κ2) is 34.8. The summed E-state index contributed by atoms with van der Waals surface area (Å²) < 4.78 is 0. The molecule has 0 spiro atoms. The molecule has 16 nitrogen and oxygen atoms in total. The third kappa shape index (κ3) is 143. The van der Waals surface area contributed by atoms with Gasteiger partial charge in [-0.3, -0.25) is 22.9 Å². The smallest absolute Gasteiger partial charge is 0.278 e. The molecule has 0 bridgehead atoms. The van der Waals surface area contributed by atoms with Gasteiger partial charge in [-0.2, -0.15) is 0 Å². The molecule has 0 aliphatic carbocycles. The number of hydrogen-bond donors (Lipinski definition) is 12. The van der Waals surface area contributed by atoms with Gasteiger partial charge >= 0.3 is 0 Å². The standard InChI is InChI=1S/4C2H9NO2P.3Mn.4H2O/c4*1-6(4,5)2-3;;;;;;;/h4*4-5H,2-3H2,1H3;;;;4*1H2/q4*+1;;;;;;;. The third-order valence-electron chi connectivity index (χ3n) is 1.38. The van der Waals surface area contributed by atoms with Crippen molar-refractivity contribution in [3.8, 4) is 0 Å². The van der Waals surface area contributed by atoms with E-state index in [0.717, 1.165) is 0 Å². The molecular weight excluding hydrogens is 633 g/mol. The second-order valence-electron chi connectivity index (χ2n) is 5.08. The van der Waals surface area contributed by atoms with Crippen molar-refractivity contribution in [3.63, 3.8) is 0 Å². The summed E-state index contributed by atoms with van der Waals surface area (Å²) in [6, 6.07) is 0. The fourth-order valence-electron chi connectivity index (χ4n) is 0. The van der Waals surface area contributed by atoms with Crippen LogP contribution >= 0.6 is 30.9 Å². The molecule has 0 aliphatic rings. The quantitative estimate of drug-likeness (QED) is 0.0978. The van der Waals surface area contributed by atoms with Crippen LogP contribution in [0.1, 0.15) is 0 Å². The Kier molecular flexibility index (Phi) is 78.5. The van der Waals surface area contributed by atoms with Crippen molar-refractivity contribution in [1.82, 2.24) is 0 Å². The molecule has 0 amide bonds. The predicted octanol–water partition coefficient (Wildman–Crippen LogP) is -5.85. The van der Waals surface area contributed by atoms with Crippen molar-refractivity contribution >= 4 is 30.9 Å². The average Bonchev–Trinajstić information content (AvgIpc) is 2.37. The molecule has 0 aromatic heterocycles. The van der Waals surface area contributed by atoms with Crippen molar-refractivity contribution in [2.24, 2.45) is 22.9 Å². The van der Waals surface area contributed by atoms with E-state index in [9.17, 15) is 0 Å². The Labute approximate surface area is 217 Å². The summed E-state index contributed by atoms with van der Waals surface area (Å²) >= 11 is 0. The Balaban J connectivity index is -0.0000000178. The summed E-state index contributed by atoms with van der Waals surface area (Å²) in [4.78, 5) is 66.9. The summed E-state index contributed by atoms with van der Waals surface area (Å²) in [5, 5.41) is 0. The maximum absolute atomic E-state index is 8.37. The van der Waals surface area contributed by atoms with Crippen LogP contribution < -0.4 is 22.9 Å². The predicted molar refractivity (Wildman–Crippen MR) is 120 cm³/mol. The Morgan fingerprint density at radius 3 is 0.419 bits per heavy atom. The van der Waals surface area contributed by atoms with Crippen LogP contribution in [-0.4, -0.2) is 113 Å². The fraction of sp³-hybridized carbons (Fsp3) is 1.00. The van der Waals surface area contributed by atoms with Crippen LogP contribution in [0.4, 0.5) is 0 Å². The molecule has 205 valence electrons. The van der Waals surface area contributed by atoms with E-state index in [2.05, 4.69) is 0 Å². The fourth-order valence-corrected chi connectivity index (χ4v) is 0. The summed E-state index contributed by atoms with van der Waals surface area (Å²) in [5.41, 5.74) is 19.4. The first-order valence-electron chi connectivity index (χ1n) is 6.29. The van der Waals surface area contributed by atoms with E-state index < -0.39 is 30.9 Å². The van der Waals surface area contributed by atoms with E-state index in [-0.39, 0.29) is 98.3 Å². The van der Waals surface area contributed by atoms with Gasteiger partial charge in [-0.25, -0.2) is 39.1 Å². The van der Waals surface area contributed by atoms with Crippen molar-refractivity contribution < 1.29 is 112 Å². The minimum absolute atomic E-state index is 0. The number of rotatable bonds is 4. The molecule has 23 heteroatoms. The summed E-state index contributed by atoms with van der Waals surface area (Å²) in [7, 11) is -10.5. The van der Waals surface area contributed by atoms with Crippen LogP contribution in [0, 0.1) is 0 Å². The van der Waals surface area contributed by atoms with Gasteiger partial charge in [-0.1, -0.05) is 0 Å². The van der Waals surface area contributed by atoms with Crippen LogP contribution in [0.3, 0.4) is 0 Å². The normalized spacial score (nSPS) is 9.29. The zero-order valence-electron chi connectivity index (χ0n) is 17.6. The van der Waals surface area contributed by atoms with E-state index in [1.54, 1.807) is 0 Å². The summed E-state index contributed by atoms with van der Waals surface area (Å²) in [5.74, 6) is 0. The van der Waals surface area contributed by atoms with Gasteiger partial charge in [0.05, 0.1) is 0 Å². The van der Waals surface area contributed by atoms with Crippen molar-refractivity contribution in [1.29, 1.82) is 0 Å². The average molecular weight is 677 g/mol. The molecule has 0 unspecified atom stereocenters. The molecule has 0 rings (SSSR count). The molecule has 0 aromatic rings. The molecule has 0 aromatic carbocycles. The van der Waals surface area contributed by atoms with Gasteiger partial charge in [-0.15, -0.1) is 0 Å². The number of hydrogen-bond acceptors (Lipinski definition) is 12. The molecule has 0 saturated heterocycles. The van der Waals surface area contributed by atoms with Gasteiger partial charge in [0.25, 0.3) is 30.9 Å². The SMILES string of the molecule is C[P+](O)(O)CN.C[P+](O)(O)CN.C[P+](O)(O)CN.C[P+](O)(O)CN.O.O.O.O.[Mn].[Mn].[Mn]. The zero-order chi connectivity index (χ0) is 20.8. The molecule has 0 aliphatic heterocycles. The van der Waals surface area contributed by atoms with Gasteiger partial charge in [0.15, 0.2) is 25.1 Å². The van der Waals surface area contributed by atoms with Gasteiger partial charge in [-0.05, 0) is 0 Å². The first kappa shape index (κ1) is 69.9. The topological polar surface area (TPSA) is 392 Å². The molecule has 0 fully saturated rings. The first-order chi connectivity index (χ1) is 10.2. The Hall–Kier alpha value is 2.64. The van der Waals surface area contributed by atoms with Gasteiger partial charge < -0.3 is 21.9 Å². The van der Waals surface area contributed by atoms with E-state index in [0.29, 0.717) is 0 Å². The molecule has 24 N–H and O–H groups in total. The minimum Gasteiger partial charge on any atom is -0.412 e. The summed E-state index contributed by atoms with van der Waals surface area (Å²) in [6.45, 7) is 5.36. The van der Waals surface area contributed by atoms with Crippen LogP contribution in [-0.2, 0) is 51.2 Å². The van der Waals surface area contributed by atoms with Crippen LogP contribution in [0.25, 0.3) is 0 Å². The molecule has 0 heterocycles. The maximum atomic E-state index is 8.37. The van der Waals surface area contributed by atoms with E-state index in [1.807, 2.05) is 0 Å². The van der Waals surface area contributed by atoms with E-state index in [1.165, 1.54) is 26.7 Å². The third-order valence-corrected chi connectivity index (χ3v) is 4.15. The van der Waals surface area contributed by atoms with Crippen molar-refractivity contribution in [2.75, 3.05) is 51.8 Å². The van der Waals surface area contributed by atoms with Crippen molar-refractivity contribution in [2.45, 2.75) is 0 Å². The molecule has 3 radical (unpaired) electrons. The summed E-state index contributed by atoms with van der Waals surface area (Å²) in [6.07, 6.45) is -0.0278. The van der Waals surface area contributed by atoms with Gasteiger partial charge in [0.2, 0.25) is 0 Å². The number of nitrogens with two attached hydrogens (primary N) is 4. The molecule has 0 saturated carbocycles. The molecule has 31 heavy (non-hydrogen) atoms. The maximum Gasteiger partial charge on any atom is 0.278 e. The monoisotopic (exact) mass is 677 g/mol.